The van der Waals surface area contributed by atoms with E-state index in [1.807, 2.05) is 0 Å². The molecule has 0 saturated carbocycles. The molecule has 0 amide bonds. The van der Waals surface area contributed by atoms with E-state index in [2.05, 4.69) is 66.4 Å². The van der Waals surface area contributed by atoms with Gasteiger partial charge in [-0.05, 0) is 31.4 Å². The lowest BCUT2D eigenvalue weighted by molar-refractivity contribution is 0.273. The second kappa shape index (κ2) is 14.5. The molecule has 2 nitrogen and oxygen atoms in total. The van der Waals surface area contributed by atoms with E-state index in [1.54, 1.807) is 0 Å². The molecule has 0 bridgehead atoms. The van der Waals surface area contributed by atoms with Crippen molar-refractivity contribution in [3.05, 3.63) is 42.7 Å². The van der Waals surface area contributed by atoms with Gasteiger partial charge in [-0.1, -0.05) is 103 Å². The maximum Gasteiger partial charge on any atom is 0.105 e. The summed E-state index contributed by atoms with van der Waals surface area (Å²) in [6, 6.07) is 10.9. The van der Waals surface area contributed by atoms with Crippen molar-refractivity contribution in [2.24, 2.45) is 0 Å². The molecule has 2 heteroatoms. The zero-order valence-corrected chi connectivity index (χ0v) is 18.6. The second-order valence-electron chi connectivity index (χ2n) is 8.44. The lowest BCUT2D eigenvalue weighted by Crippen LogP contribution is -2.39. The van der Waals surface area contributed by atoms with Crippen molar-refractivity contribution in [2.45, 2.75) is 110 Å². The molecule has 1 heterocycles. The predicted octanol–water partition coefficient (Wildman–Crippen LogP) is 8.11. The highest BCUT2D eigenvalue weighted by atomic mass is 15.4. The zero-order chi connectivity index (χ0) is 19.9. The predicted molar refractivity (Wildman–Crippen MR) is 125 cm³/mol. The fourth-order valence-electron chi connectivity index (χ4n) is 4.26. The first-order chi connectivity index (χ1) is 13.9. The van der Waals surface area contributed by atoms with Crippen LogP contribution in [-0.2, 0) is 0 Å². The standard InChI is InChI=1S/C26H44N2/c1-3-5-7-9-11-13-18-22-27-23-24-28(25-19-15-14-16-20-25)26(27)21-17-12-10-8-6-4-2/h14-16,19-20,23-24,26H,3-13,17-18,21-22H2,1-2H3. The van der Waals surface area contributed by atoms with Crippen LogP contribution in [0.1, 0.15) is 104 Å². The number of anilines is 1. The van der Waals surface area contributed by atoms with E-state index >= 15 is 0 Å². The summed E-state index contributed by atoms with van der Waals surface area (Å²) in [4.78, 5) is 5.10. The largest absolute Gasteiger partial charge is 0.356 e. The minimum Gasteiger partial charge on any atom is -0.356 e. The van der Waals surface area contributed by atoms with E-state index < -0.39 is 0 Å². The van der Waals surface area contributed by atoms with E-state index in [-0.39, 0.29) is 0 Å². The molecule has 1 aromatic carbocycles. The third-order valence-corrected chi connectivity index (χ3v) is 6.01. The molecule has 1 aromatic rings. The second-order valence-corrected chi connectivity index (χ2v) is 8.44. The Bertz CT molecular complexity index is 510. The summed E-state index contributed by atoms with van der Waals surface area (Å²) < 4.78 is 0. The van der Waals surface area contributed by atoms with Crippen LogP contribution < -0.4 is 4.90 Å². The Morgan fingerprint density at radius 3 is 1.86 bits per heavy atom. The molecule has 0 saturated heterocycles. The molecule has 2 rings (SSSR count). The van der Waals surface area contributed by atoms with Crippen molar-refractivity contribution in [3.8, 4) is 0 Å². The Morgan fingerprint density at radius 1 is 0.643 bits per heavy atom. The fourth-order valence-corrected chi connectivity index (χ4v) is 4.26. The molecule has 0 aromatic heterocycles. The Labute approximate surface area is 175 Å². The van der Waals surface area contributed by atoms with Crippen LogP contribution >= 0.6 is 0 Å². The maximum absolute atomic E-state index is 2.60. The van der Waals surface area contributed by atoms with Gasteiger partial charge in [0.1, 0.15) is 6.17 Å². The van der Waals surface area contributed by atoms with E-state index in [9.17, 15) is 0 Å². The number of rotatable bonds is 16. The van der Waals surface area contributed by atoms with Crippen molar-refractivity contribution in [1.82, 2.24) is 4.90 Å². The van der Waals surface area contributed by atoms with Crippen LogP contribution in [0, 0.1) is 0 Å². The van der Waals surface area contributed by atoms with E-state index in [1.165, 1.54) is 102 Å². The molecule has 1 unspecified atom stereocenters. The van der Waals surface area contributed by atoms with Crippen LogP contribution in [0.4, 0.5) is 5.69 Å². The minimum atomic E-state index is 0.508. The van der Waals surface area contributed by atoms with Gasteiger partial charge < -0.3 is 9.80 Å². The first-order valence-electron chi connectivity index (χ1n) is 12.1. The highest BCUT2D eigenvalue weighted by Crippen LogP contribution is 2.28. The van der Waals surface area contributed by atoms with Crippen molar-refractivity contribution < 1.29 is 0 Å². The number of hydrogen-bond acceptors (Lipinski definition) is 2. The van der Waals surface area contributed by atoms with Gasteiger partial charge >= 0.3 is 0 Å². The van der Waals surface area contributed by atoms with Crippen LogP contribution in [0.3, 0.4) is 0 Å². The van der Waals surface area contributed by atoms with E-state index in [4.69, 9.17) is 0 Å². The molecule has 1 aliphatic rings. The van der Waals surface area contributed by atoms with E-state index in [0.717, 1.165) is 0 Å². The van der Waals surface area contributed by atoms with Crippen LogP contribution in [0.2, 0.25) is 0 Å². The molecule has 1 aliphatic heterocycles. The quantitative estimate of drug-likeness (QED) is 0.266. The summed E-state index contributed by atoms with van der Waals surface area (Å²) in [7, 11) is 0. The molecular weight excluding hydrogens is 340 g/mol. The average Bonchev–Trinajstić information content (AvgIpc) is 3.13. The molecule has 28 heavy (non-hydrogen) atoms. The Morgan fingerprint density at radius 2 is 1.21 bits per heavy atom. The van der Waals surface area contributed by atoms with Gasteiger partial charge in [0, 0.05) is 24.6 Å². The first kappa shape index (κ1) is 22.8. The van der Waals surface area contributed by atoms with Gasteiger partial charge in [0.05, 0.1) is 0 Å². The Kier molecular flexibility index (Phi) is 11.9. The number of hydrogen-bond donors (Lipinski definition) is 0. The van der Waals surface area contributed by atoms with Crippen LogP contribution in [0.5, 0.6) is 0 Å². The third kappa shape index (κ3) is 8.29. The average molecular weight is 385 g/mol. The van der Waals surface area contributed by atoms with Crippen molar-refractivity contribution in [2.75, 3.05) is 11.4 Å². The maximum atomic E-state index is 2.60. The molecule has 0 radical (unpaired) electrons. The van der Waals surface area contributed by atoms with Crippen molar-refractivity contribution >= 4 is 5.69 Å². The van der Waals surface area contributed by atoms with Gasteiger partial charge in [-0.3, -0.25) is 0 Å². The summed E-state index contributed by atoms with van der Waals surface area (Å²) in [5.41, 5.74) is 1.33. The monoisotopic (exact) mass is 384 g/mol. The van der Waals surface area contributed by atoms with Gasteiger partial charge in [0.25, 0.3) is 0 Å². The SMILES string of the molecule is CCCCCCCCCN1C=CN(c2ccccc2)C1CCCCCCCC. The van der Waals surface area contributed by atoms with Gasteiger partial charge in [-0.25, -0.2) is 0 Å². The van der Waals surface area contributed by atoms with Crippen molar-refractivity contribution in [3.63, 3.8) is 0 Å². The zero-order valence-electron chi connectivity index (χ0n) is 18.6. The smallest absolute Gasteiger partial charge is 0.105 e. The number of benzene rings is 1. The molecule has 0 N–H and O–H groups in total. The van der Waals surface area contributed by atoms with Crippen LogP contribution in [0.15, 0.2) is 42.7 Å². The third-order valence-electron chi connectivity index (χ3n) is 6.01. The summed E-state index contributed by atoms with van der Waals surface area (Å²) in [5, 5.41) is 0. The van der Waals surface area contributed by atoms with E-state index in [0.29, 0.717) is 6.17 Å². The van der Waals surface area contributed by atoms with Gasteiger partial charge in [0.2, 0.25) is 0 Å². The highest BCUT2D eigenvalue weighted by Gasteiger charge is 2.26. The van der Waals surface area contributed by atoms with Crippen LogP contribution in [-0.4, -0.2) is 17.6 Å². The number of unbranched alkanes of at least 4 members (excludes halogenated alkanes) is 11. The molecule has 1 atom stereocenters. The molecule has 0 spiro atoms. The minimum absolute atomic E-state index is 0.508. The van der Waals surface area contributed by atoms with Crippen molar-refractivity contribution in [1.29, 1.82) is 0 Å². The molecular formula is C26H44N2. The summed E-state index contributed by atoms with van der Waals surface area (Å²) in [5.74, 6) is 0. The number of nitrogens with zero attached hydrogens (tertiary/aromatic N) is 2. The normalized spacial score (nSPS) is 16.3. The summed E-state index contributed by atoms with van der Waals surface area (Å²) in [6.07, 6.45) is 24.4. The van der Waals surface area contributed by atoms with Crippen LogP contribution in [0.25, 0.3) is 0 Å². The fraction of sp³-hybridized carbons (Fsp3) is 0.692. The molecule has 0 aliphatic carbocycles. The first-order valence-corrected chi connectivity index (χ1v) is 12.1. The number of para-hydroxylation sites is 1. The Balaban J connectivity index is 1.78. The summed E-state index contributed by atoms with van der Waals surface area (Å²) >= 11 is 0. The highest BCUT2D eigenvalue weighted by molar-refractivity contribution is 5.51. The lowest BCUT2D eigenvalue weighted by atomic mass is 10.1. The summed E-state index contributed by atoms with van der Waals surface area (Å²) in [6.45, 7) is 5.79. The van der Waals surface area contributed by atoms with Gasteiger partial charge in [0.15, 0.2) is 0 Å². The van der Waals surface area contributed by atoms with Gasteiger partial charge in [-0.2, -0.15) is 0 Å². The molecule has 0 fully saturated rings. The van der Waals surface area contributed by atoms with Gasteiger partial charge in [-0.15, -0.1) is 0 Å². The lowest BCUT2D eigenvalue weighted by Gasteiger charge is -2.33. The topological polar surface area (TPSA) is 6.48 Å². The Hall–Kier alpha value is -1.44. The molecule has 158 valence electrons.